The zero-order chi connectivity index (χ0) is 12.6. The first-order valence-corrected chi connectivity index (χ1v) is 7.27. The molecule has 0 bridgehead atoms. The normalized spacial score (nSPS) is 28.4. The quantitative estimate of drug-likeness (QED) is 0.903. The molecule has 0 aliphatic heterocycles. The van der Waals surface area contributed by atoms with Gasteiger partial charge < -0.3 is 10.3 Å². The molecule has 0 radical (unpaired) electrons. The maximum absolute atomic E-state index is 6.46. The van der Waals surface area contributed by atoms with Gasteiger partial charge >= 0.3 is 0 Å². The second kappa shape index (κ2) is 4.48. The van der Waals surface area contributed by atoms with Gasteiger partial charge in [0.1, 0.15) is 0 Å². The van der Waals surface area contributed by atoms with Crippen molar-refractivity contribution < 1.29 is 4.52 Å². The lowest BCUT2D eigenvalue weighted by molar-refractivity contribution is 0.222. The largest absolute Gasteiger partial charge is 0.334 e. The number of thiophene rings is 1. The first-order chi connectivity index (χ1) is 8.67. The van der Waals surface area contributed by atoms with Crippen molar-refractivity contribution in [3.63, 3.8) is 0 Å². The third-order valence-corrected chi connectivity index (χ3v) is 4.36. The molecule has 1 aliphatic carbocycles. The molecule has 2 unspecified atom stereocenters. The molecule has 3 rings (SSSR count). The first-order valence-electron chi connectivity index (χ1n) is 6.33. The van der Waals surface area contributed by atoms with Crippen molar-refractivity contribution in [2.24, 2.45) is 11.7 Å². The molecular formula is C13H17N3OS. The Morgan fingerprint density at radius 3 is 3.17 bits per heavy atom. The number of hydrogen-bond acceptors (Lipinski definition) is 5. The van der Waals surface area contributed by atoms with E-state index >= 15 is 0 Å². The van der Waals surface area contributed by atoms with E-state index in [1.165, 1.54) is 6.42 Å². The lowest BCUT2D eigenvalue weighted by Gasteiger charge is -2.33. The Balaban J connectivity index is 1.88. The monoisotopic (exact) mass is 263 g/mol. The second-order valence-corrected chi connectivity index (χ2v) is 6.07. The van der Waals surface area contributed by atoms with Crippen molar-refractivity contribution in [2.45, 2.75) is 38.1 Å². The summed E-state index contributed by atoms with van der Waals surface area (Å²) in [7, 11) is 0. The van der Waals surface area contributed by atoms with Gasteiger partial charge in [-0.2, -0.15) is 16.3 Å². The van der Waals surface area contributed by atoms with Gasteiger partial charge in [0.25, 0.3) is 5.89 Å². The second-order valence-electron chi connectivity index (χ2n) is 5.29. The fourth-order valence-electron chi connectivity index (χ4n) is 2.72. The van der Waals surface area contributed by atoms with E-state index in [4.69, 9.17) is 10.3 Å². The Labute approximate surface area is 110 Å². The van der Waals surface area contributed by atoms with Crippen LogP contribution in [-0.4, -0.2) is 10.1 Å². The number of nitrogens with zero attached hydrogens (tertiary/aromatic N) is 2. The van der Waals surface area contributed by atoms with Crippen molar-refractivity contribution in [3.05, 3.63) is 22.7 Å². The van der Waals surface area contributed by atoms with Crippen LogP contribution in [0.5, 0.6) is 0 Å². The Morgan fingerprint density at radius 2 is 2.44 bits per heavy atom. The molecule has 18 heavy (non-hydrogen) atoms. The summed E-state index contributed by atoms with van der Waals surface area (Å²) in [5.74, 6) is 1.87. The van der Waals surface area contributed by atoms with E-state index in [2.05, 4.69) is 17.1 Å². The molecule has 1 saturated carbocycles. The molecule has 0 saturated heterocycles. The van der Waals surface area contributed by atoms with Gasteiger partial charge in [-0.05, 0) is 30.2 Å². The first kappa shape index (κ1) is 11.9. The molecule has 1 aliphatic rings. The SMILES string of the molecule is CC1CCCC(N)(c2noc(-c3ccsc3)n2)C1. The van der Waals surface area contributed by atoms with E-state index in [0.717, 1.165) is 24.8 Å². The van der Waals surface area contributed by atoms with Crippen LogP contribution in [-0.2, 0) is 5.54 Å². The fraction of sp³-hybridized carbons (Fsp3) is 0.538. The minimum Gasteiger partial charge on any atom is -0.334 e. The van der Waals surface area contributed by atoms with Gasteiger partial charge in [0.2, 0.25) is 0 Å². The standard InChI is InChI=1S/C13H17N3OS/c1-9-3-2-5-13(14,7-9)12-15-11(17-16-12)10-4-6-18-8-10/h4,6,8-9H,2-3,5,7,14H2,1H3. The molecule has 2 heterocycles. The molecule has 2 atom stereocenters. The number of rotatable bonds is 2. The van der Waals surface area contributed by atoms with Crippen LogP contribution in [0.2, 0.25) is 0 Å². The van der Waals surface area contributed by atoms with Crippen LogP contribution >= 0.6 is 11.3 Å². The van der Waals surface area contributed by atoms with E-state index in [0.29, 0.717) is 17.6 Å². The van der Waals surface area contributed by atoms with Gasteiger partial charge in [0.15, 0.2) is 5.82 Å². The summed E-state index contributed by atoms with van der Waals surface area (Å²) < 4.78 is 5.33. The molecule has 96 valence electrons. The molecule has 0 aromatic carbocycles. The molecule has 0 amide bonds. The highest BCUT2D eigenvalue weighted by atomic mass is 32.1. The molecule has 0 spiro atoms. The molecule has 4 nitrogen and oxygen atoms in total. The predicted octanol–water partition coefficient (Wildman–Crippen LogP) is 3.16. The Kier molecular flexibility index (Phi) is 2.95. The van der Waals surface area contributed by atoms with Crippen LogP contribution in [0.25, 0.3) is 11.5 Å². The smallest absolute Gasteiger partial charge is 0.258 e. The van der Waals surface area contributed by atoms with E-state index in [1.807, 2.05) is 16.8 Å². The number of nitrogens with two attached hydrogens (primary N) is 1. The summed E-state index contributed by atoms with van der Waals surface area (Å²) >= 11 is 1.62. The lowest BCUT2D eigenvalue weighted by Crippen LogP contribution is -2.42. The molecule has 1 fully saturated rings. The Hall–Kier alpha value is -1.20. The van der Waals surface area contributed by atoms with Crippen LogP contribution < -0.4 is 5.73 Å². The topological polar surface area (TPSA) is 64.9 Å². The van der Waals surface area contributed by atoms with Gasteiger partial charge in [-0.3, -0.25) is 0 Å². The van der Waals surface area contributed by atoms with Gasteiger partial charge in [-0.25, -0.2) is 0 Å². The van der Waals surface area contributed by atoms with Crippen molar-refractivity contribution in [2.75, 3.05) is 0 Å². The van der Waals surface area contributed by atoms with Crippen LogP contribution in [0, 0.1) is 5.92 Å². The fourth-order valence-corrected chi connectivity index (χ4v) is 3.35. The highest BCUT2D eigenvalue weighted by molar-refractivity contribution is 7.08. The van der Waals surface area contributed by atoms with Crippen molar-refractivity contribution in [3.8, 4) is 11.5 Å². The van der Waals surface area contributed by atoms with E-state index in [1.54, 1.807) is 11.3 Å². The highest BCUT2D eigenvalue weighted by Crippen LogP contribution is 2.37. The average Bonchev–Trinajstić information content (AvgIpc) is 3.00. The molecule has 2 aromatic heterocycles. The van der Waals surface area contributed by atoms with E-state index in [9.17, 15) is 0 Å². The predicted molar refractivity (Wildman–Crippen MR) is 71.1 cm³/mol. The maximum Gasteiger partial charge on any atom is 0.258 e. The van der Waals surface area contributed by atoms with Crippen LogP contribution in [0.4, 0.5) is 0 Å². The Bertz CT molecular complexity index is 522. The minimum absolute atomic E-state index is 0.407. The average molecular weight is 263 g/mol. The molecule has 5 heteroatoms. The Morgan fingerprint density at radius 1 is 1.56 bits per heavy atom. The number of aromatic nitrogens is 2. The third-order valence-electron chi connectivity index (χ3n) is 3.67. The molecular weight excluding hydrogens is 246 g/mol. The van der Waals surface area contributed by atoms with Crippen molar-refractivity contribution in [1.29, 1.82) is 0 Å². The highest BCUT2D eigenvalue weighted by Gasteiger charge is 2.37. The lowest BCUT2D eigenvalue weighted by atomic mass is 9.76. The summed E-state index contributed by atoms with van der Waals surface area (Å²) in [6.07, 6.45) is 4.27. The van der Waals surface area contributed by atoms with E-state index < -0.39 is 5.54 Å². The van der Waals surface area contributed by atoms with Crippen LogP contribution in [0.1, 0.15) is 38.4 Å². The summed E-state index contributed by atoms with van der Waals surface area (Å²) in [5, 5.41) is 8.10. The van der Waals surface area contributed by atoms with Crippen LogP contribution in [0.15, 0.2) is 21.3 Å². The minimum atomic E-state index is -0.407. The summed E-state index contributed by atoms with van der Waals surface area (Å²) in [4.78, 5) is 4.49. The molecule has 2 aromatic rings. The van der Waals surface area contributed by atoms with Crippen molar-refractivity contribution >= 4 is 11.3 Å². The van der Waals surface area contributed by atoms with E-state index in [-0.39, 0.29) is 0 Å². The molecule has 2 N–H and O–H groups in total. The maximum atomic E-state index is 6.46. The van der Waals surface area contributed by atoms with Gasteiger partial charge in [-0.15, -0.1) is 0 Å². The van der Waals surface area contributed by atoms with Crippen molar-refractivity contribution in [1.82, 2.24) is 10.1 Å². The summed E-state index contributed by atoms with van der Waals surface area (Å²) in [6.45, 7) is 2.24. The zero-order valence-electron chi connectivity index (χ0n) is 10.4. The van der Waals surface area contributed by atoms with Crippen LogP contribution in [0.3, 0.4) is 0 Å². The number of hydrogen-bond donors (Lipinski definition) is 1. The third kappa shape index (κ3) is 2.08. The van der Waals surface area contributed by atoms with Gasteiger partial charge in [0.05, 0.1) is 11.1 Å². The summed E-state index contributed by atoms with van der Waals surface area (Å²) in [5.41, 5.74) is 7.03. The van der Waals surface area contributed by atoms with Gasteiger partial charge in [-0.1, -0.05) is 24.9 Å². The zero-order valence-corrected chi connectivity index (χ0v) is 11.2. The van der Waals surface area contributed by atoms with Gasteiger partial charge in [0, 0.05) is 5.38 Å². The summed E-state index contributed by atoms with van der Waals surface area (Å²) in [6, 6.07) is 1.98.